The highest BCUT2D eigenvalue weighted by molar-refractivity contribution is 5.79. The van der Waals surface area contributed by atoms with Gasteiger partial charge in [-0.2, -0.15) is 5.26 Å². The van der Waals surface area contributed by atoms with E-state index in [0.717, 1.165) is 5.56 Å². The summed E-state index contributed by atoms with van der Waals surface area (Å²) in [7, 11) is 0. The second-order valence-corrected chi connectivity index (χ2v) is 6.90. The third-order valence-corrected chi connectivity index (χ3v) is 5.01. The van der Waals surface area contributed by atoms with Gasteiger partial charge in [0.2, 0.25) is 5.82 Å². The van der Waals surface area contributed by atoms with E-state index in [1.54, 1.807) is 12.4 Å². The fourth-order valence-electron chi connectivity index (χ4n) is 3.61. The lowest BCUT2D eigenvalue weighted by Crippen LogP contribution is -2.26. The molecule has 148 valence electrons. The number of aromatic nitrogens is 2. The van der Waals surface area contributed by atoms with Crippen LogP contribution in [0.5, 0.6) is 0 Å². The first-order chi connectivity index (χ1) is 14.8. The molecule has 0 fully saturated rings. The number of nitrogens with zero attached hydrogens (tertiary/aromatic N) is 3. The molecule has 0 spiro atoms. The van der Waals surface area contributed by atoms with Crippen LogP contribution < -0.4 is 5.32 Å². The van der Waals surface area contributed by atoms with Crippen LogP contribution in [0.3, 0.4) is 0 Å². The van der Waals surface area contributed by atoms with Crippen molar-refractivity contribution in [1.29, 1.82) is 5.26 Å². The van der Waals surface area contributed by atoms with Crippen molar-refractivity contribution in [3.05, 3.63) is 89.5 Å². The number of hydrogen-bond donors (Lipinski definition) is 1. The number of alkyl carbamates (subject to hydrolysis) is 1. The molecule has 4 rings (SSSR count). The van der Waals surface area contributed by atoms with E-state index in [-0.39, 0.29) is 11.7 Å². The van der Waals surface area contributed by atoms with Crippen molar-refractivity contribution < 1.29 is 9.53 Å². The van der Waals surface area contributed by atoms with Crippen molar-refractivity contribution in [2.75, 3.05) is 13.2 Å². The first-order valence-corrected chi connectivity index (χ1v) is 9.74. The Morgan fingerprint density at radius 2 is 1.70 bits per heavy atom. The molecule has 0 saturated heterocycles. The summed E-state index contributed by atoms with van der Waals surface area (Å²) in [6, 6.07) is 18.4. The van der Waals surface area contributed by atoms with Crippen molar-refractivity contribution in [1.82, 2.24) is 15.3 Å². The maximum Gasteiger partial charge on any atom is 0.407 e. The number of benzene rings is 2. The van der Waals surface area contributed by atoms with E-state index in [1.807, 2.05) is 42.5 Å². The fraction of sp³-hybridized carbons (Fsp3) is 0.167. The zero-order valence-electron chi connectivity index (χ0n) is 16.3. The smallest absolute Gasteiger partial charge is 0.407 e. The molecule has 1 aromatic heterocycles. The number of carbonyl (C=O) groups is 1. The van der Waals surface area contributed by atoms with E-state index in [1.165, 1.54) is 22.3 Å². The standard InChI is InChI=1S/C24H20N4O2/c25-13-23-27-14-17(15-28-23)7-5-6-12-26-24(29)30-16-22-20-10-3-1-8-18(20)19-9-2-4-11-21(19)22/h1-5,7-11,14-15,22H,6,12,16H2,(H,26,29). The van der Waals surface area contributed by atoms with E-state index >= 15 is 0 Å². The topological polar surface area (TPSA) is 87.9 Å². The minimum atomic E-state index is -0.424. The summed E-state index contributed by atoms with van der Waals surface area (Å²) in [6.45, 7) is 0.766. The normalized spacial score (nSPS) is 12.2. The highest BCUT2D eigenvalue weighted by atomic mass is 16.5. The summed E-state index contributed by atoms with van der Waals surface area (Å²) < 4.78 is 5.51. The van der Waals surface area contributed by atoms with Gasteiger partial charge in [0.05, 0.1) is 0 Å². The third kappa shape index (κ3) is 4.20. The van der Waals surface area contributed by atoms with Crippen LogP contribution in [-0.4, -0.2) is 29.2 Å². The average molecular weight is 396 g/mol. The van der Waals surface area contributed by atoms with E-state index in [9.17, 15) is 4.79 Å². The van der Waals surface area contributed by atoms with E-state index in [2.05, 4.69) is 39.6 Å². The van der Waals surface area contributed by atoms with Crippen molar-refractivity contribution in [3.8, 4) is 17.2 Å². The maximum absolute atomic E-state index is 12.1. The SMILES string of the molecule is N#Cc1ncc(C=CCCNC(=O)OCC2c3ccccc3-c3ccccc32)cn1. The van der Waals surface area contributed by atoms with Gasteiger partial charge in [-0.3, -0.25) is 0 Å². The molecular formula is C24H20N4O2. The Morgan fingerprint density at radius 3 is 2.33 bits per heavy atom. The zero-order chi connectivity index (χ0) is 20.8. The second kappa shape index (κ2) is 9.01. The number of amides is 1. The molecule has 1 aliphatic rings. The van der Waals surface area contributed by atoms with Gasteiger partial charge in [0.15, 0.2) is 0 Å². The fourth-order valence-corrected chi connectivity index (χ4v) is 3.61. The average Bonchev–Trinajstić information content (AvgIpc) is 3.12. The number of fused-ring (bicyclic) bond motifs is 3. The Balaban J connectivity index is 1.26. The van der Waals surface area contributed by atoms with Gasteiger partial charge in [0.25, 0.3) is 0 Å². The number of carbonyl (C=O) groups excluding carboxylic acids is 1. The van der Waals surface area contributed by atoms with Crippen molar-refractivity contribution in [3.63, 3.8) is 0 Å². The first-order valence-electron chi connectivity index (χ1n) is 9.74. The van der Waals surface area contributed by atoms with E-state index in [4.69, 9.17) is 10.00 Å². The monoisotopic (exact) mass is 396 g/mol. The van der Waals surface area contributed by atoms with Crippen LogP contribution in [-0.2, 0) is 4.74 Å². The number of nitriles is 1. The summed E-state index contributed by atoms with van der Waals surface area (Å²) >= 11 is 0. The minimum absolute atomic E-state index is 0.0550. The highest BCUT2D eigenvalue weighted by Gasteiger charge is 2.28. The Hall–Kier alpha value is -3.98. The molecule has 0 aliphatic heterocycles. The lowest BCUT2D eigenvalue weighted by molar-refractivity contribution is 0.143. The molecule has 0 bridgehead atoms. The minimum Gasteiger partial charge on any atom is -0.449 e. The summed E-state index contributed by atoms with van der Waals surface area (Å²) in [5.41, 5.74) is 5.60. The lowest BCUT2D eigenvalue weighted by atomic mass is 9.98. The Kier molecular flexibility index (Phi) is 5.81. The molecule has 1 amide bonds. The molecule has 1 heterocycles. The van der Waals surface area contributed by atoms with Gasteiger partial charge in [-0.15, -0.1) is 0 Å². The highest BCUT2D eigenvalue weighted by Crippen LogP contribution is 2.44. The van der Waals surface area contributed by atoms with Gasteiger partial charge in [-0.1, -0.05) is 60.7 Å². The van der Waals surface area contributed by atoms with Crippen molar-refractivity contribution >= 4 is 12.2 Å². The molecule has 0 atom stereocenters. The van der Waals surface area contributed by atoms with Gasteiger partial charge in [-0.25, -0.2) is 14.8 Å². The van der Waals surface area contributed by atoms with Gasteiger partial charge < -0.3 is 10.1 Å². The van der Waals surface area contributed by atoms with Crippen molar-refractivity contribution in [2.45, 2.75) is 12.3 Å². The van der Waals surface area contributed by atoms with Crippen LogP contribution in [0.25, 0.3) is 17.2 Å². The van der Waals surface area contributed by atoms with Crippen molar-refractivity contribution in [2.24, 2.45) is 0 Å². The van der Waals surface area contributed by atoms with Gasteiger partial charge >= 0.3 is 6.09 Å². The predicted molar refractivity (Wildman–Crippen MR) is 113 cm³/mol. The van der Waals surface area contributed by atoms with Crippen LogP contribution in [0.4, 0.5) is 4.79 Å². The number of rotatable bonds is 6. The summed E-state index contributed by atoms with van der Waals surface area (Å²) in [6.07, 6.45) is 7.15. The lowest BCUT2D eigenvalue weighted by Gasteiger charge is -2.14. The molecule has 1 N–H and O–H groups in total. The maximum atomic E-state index is 12.1. The van der Waals surface area contributed by atoms with E-state index in [0.29, 0.717) is 19.6 Å². The molecule has 0 saturated carbocycles. The summed E-state index contributed by atoms with van der Waals surface area (Å²) in [4.78, 5) is 19.9. The molecule has 2 aromatic carbocycles. The largest absolute Gasteiger partial charge is 0.449 e. The first kappa shape index (κ1) is 19.3. The van der Waals surface area contributed by atoms with Crippen LogP contribution >= 0.6 is 0 Å². The molecule has 6 nitrogen and oxygen atoms in total. The number of ether oxygens (including phenoxy) is 1. The molecule has 0 radical (unpaired) electrons. The Labute approximate surface area is 174 Å². The van der Waals surface area contributed by atoms with Crippen LogP contribution in [0.2, 0.25) is 0 Å². The second-order valence-electron chi connectivity index (χ2n) is 6.90. The van der Waals surface area contributed by atoms with E-state index < -0.39 is 6.09 Å². The number of nitrogens with one attached hydrogen (secondary N) is 1. The molecule has 30 heavy (non-hydrogen) atoms. The van der Waals surface area contributed by atoms with Crippen LogP contribution in [0.1, 0.15) is 34.9 Å². The van der Waals surface area contributed by atoms with Gasteiger partial charge in [0.1, 0.15) is 12.7 Å². The van der Waals surface area contributed by atoms with Crippen LogP contribution in [0, 0.1) is 11.3 Å². The molecular weight excluding hydrogens is 376 g/mol. The quantitative estimate of drug-likeness (QED) is 0.628. The summed E-state index contributed by atoms with van der Waals surface area (Å²) in [5.74, 6) is 0.198. The van der Waals surface area contributed by atoms with Crippen LogP contribution in [0.15, 0.2) is 67.0 Å². The zero-order valence-corrected chi connectivity index (χ0v) is 16.3. The summed E-state index contributed by atoms with van der Waals surface area (Å²) in [5, 5.41) is 11.5. The third-order valence-electron chi connectivity index (χ3n) is 5.01. The molecule has 0 unspecified atom stereocenters. The molecule has 3 aromatic rings. The van der Waals surface area contributed by atoms with Gasteiger partial charge in [0, 0.05) is 30.4 Å². The Morgan fingerprint density at radius 1 is 1.07 bits per heavy atom. The predicted octanol–water partition coefficient (Wildman–Crippen LogP) is 4.29. The molecule has 1 aliphatic carbocycles. The number of hydrogen-bond acceptors (Lipinski definition) is 5. The van der Waals surface area contributed by atoms with Gasteiger partial charge in [-0.05, 0) is 28.7 Å². The molecule has 6 heteroatoms. The Bertz CT molecular complexity index is 1070.